The van der Waals surface area contributed by atoms with E-state index < -0.39 is 0 Å². The molecule has 0 saturated heterocycles. The molecule has 0 bridgehead atoms. The molecule has 94 valence electrons. The molecule has 2 N–H and O–H groups in total. The van der Waals surface area contributed by atoms with Crippen molar-refractivity contribution in [3.05, 3.63) is 29.8 Å². The third-order valence-corrected chi connectivity index (χ3v) is 2.53. The van der Waals surface area contributed by atoms with Gasteiger partial charge in [-0.3, -0.25) is 4.79 Å². The quantitative estimate of drug-likeness (QED) is 0.818. The van der Waals surface area contributed by atoms with Gasteiger partial charge in [-0.2, -0.15) is 0 Å². The lowest BCUT2D eigenvalue weighted by molar-refractivity contribution is 0.0692. The van der Waals surface area contributed by atoms with E-state index in [0.29, 0.717) is 18.5 Å². The highest BCUT2D eigenvalue weighted by molar-refractivity contribution is 5.94. The standard InChI is InChI=1S/C13H19NO3/c1-10(2)14(7-4-8-15)13(17)11-5-3-6-12(16)9-11/h3,5-6,9-10,15-16H,4,7-8H2,1-2H3. The van der Waals surface area contributed by atoms with E-state index in [1.54, 1.807) is 17.0 Å². The zero-order chi connectivity index (χ0) is 12.8. The van der Waals surface area contributed by atoms with Crippen LogP contribution < -0.4 is 0 Å². The van der Waals surface area contributed by atoms with Crippen molar-refractivity contribution in [1.82, 2.24) is 4.90 Å². The van der Waals surface area contributed by atoms with Crippen LogP contribution in [0.5, 0.6) is 5.75 Å². The molecular weight excluding hydrogens is 218 g/mol. The number of rotatable bonds is 5. The third-order valence-electron chi connectivity index (χ3n) is 2.53. The summed E-state index contributed by atoms with van der Waals surface area (Å²) in [6, 6.07) is 6.38. The molecule has 0 heterocycles. The molecule has 0 fully saturated rings. The molecule has 1 aromatic carbocycles. The smallest absolute Gasteiger partial charge is 0.254 e. The van der Waals surface area contributed by atoms with Gasteiger partial charge in [-0.1, -0.05) is 6.07 Å². The van der Waals surface area contributed by atoms with E-state index in [2.05, 4.69) is 0 Å². The van der Waals surface area contributed by atoms with E-state index in [1.807, 2.05) is 13.8 Å². The molecule has 0 aliphatic heterocycles. The number of nitrogens with zero attached hydrogens (tertiary/aromatic N) is 1. The second-order valence-electron chi connectivity index (χ2n) is 4.22. The van der Waals surface area contributed by atoms with Gasteiger partial charge in [0, 0.05) is 24.8 Å². The SMILES string of the molecule is CC(C)N(CCCO)C(=O)c1cccc(O)c1. The van der Waals surface area contributed by atoms with Gasteiger partial charge in [-0.25, -0.2) is 0 Å². The number of amides is 1. The first-order valence-corrected chi connectivity index (χ1v) is 5.77. The molecule has 0 spiro atoms. The second-order valence-corrected chi connectivity index (χ2v) is 4.22. The number of phenolic OH excluding ortho intramolecular Hbond substituents is 1. The van der Waals surface area contributed by atoms with Gasteiger partial charge in [-0.15, -0.1) is 0 Å². The zero-order valence-corrected chi connectivity index (χ0v) is 10.3. The Balaban J connectivity index is 2.84. The minimum absolute atomic E-state index is 0.0660. The first kappa shape index (κ1) is 13.5. The van der Waals surface area contributed by atoms with Crippen LogP contribution in [0.3, 0.4) is 0 Å². The third kappa shape index (κ3) is 3.75. The molecule has 0 aliphatic rings. The Hall–Kier alpha value is -1.55. The van der Waals surface area contributed by atoms with Crippen LogP contribution in [0.2, 0.25) is 0 Å². The number of hydrogen-bond donors (Lipinski definition) is 2. The van der Waals surface area contributed by atoms with Crippen molar-refractivity contribution in [1.29, 1.82) is 0 Å². The largest absolute Gasteiger partial charge is 0.508 e. The predicted octanol–water partition coefficient (Wildman–Crippen LogP) is 1.63. The Labute approximate surface area is 101 Å². The summed E-state index contributed by atoms with van der Waals surface area (Å²) in [5.41, 5.74) is 0.469. The van der Waals surface area contributed by atoms with Crippen LogP contribution >= 0.6 is 0 Å². The van der Waals surface area contributed by atoms with Crippen molar-refractivity contribution in [3.63, 3.8) is 0 Å². The van der Waals surface area contributed by atoms with Gasteiger partial charge < -0.3 is 15.1 Å². The van der Waals surface area contributed by atoms with E-state index in [-0.39, 0.29) is 24.3 Å². The summed E-state index contributed by atoms with van der Waals surface area (Å²) in [4.78, 5) is 13.9. The molecule has 1 amide bonds. The molecule has 1 rings (SSSR count). The molecule has 4 heteroatoms. The molecule has 0 unspecified atom stereocenters. The van der Waals surface area contributed by atoms with Crippen molar-refractivity contribution in [2.45, 2.75) is 26.3 Å². The average molecular weight is 237 g/mol. The fourth-order valence-electron chi connectivity index (χ4n) is 1.64. The number of hydrogen-bond acceptors (Lipinski definition) is 3. The molecule has 1 aromatic rings. The molecule has 0 aliphatic carbocycles. The van der Waals surface area contributed by atoms with Crippen molar-refractivity contribution in [2.24, 2.45) is 0 Å². The van der Waals surface area contributed by atoms with Crippen molar-refractivity contribution in [2.75, 3.05) is 13.2 Å². The van der Waals surface area contributed by atoms with Crippen LogP contribution in [-0.4, -0.2) is 40.2 Å². The number of benzene rings is 1. The molecule has 0 saturated carbocycles. The average Bonchev–Trinajstić information content (AvgIpc) is 2.29. The Morgan fingerprint density at radius 1 is 1.41 bits per heavy atom. The summed E-state index contributed by atoms with van der Waals surface area (Å²) in [6.45, 7) is 4.44. The van der Waals surface area contributed by atoms with Gasteiger partial charge in [-0.05, 0) is 38.5 Å². The molecule has 4 nitrogen and oxygen atoms in total. The molecule has 0 atom stereocenters. The Kier molecular flexibility index (Phi) is 4.97. The first-order chi connectivity index (χ1) is 8.06. The molecule has 0 aromatic heterocycles. The lowest BCUT2D eigenvalue weighted by atomic mass is 10.1. The Morgan fingerprint density at radius 3 is 2.65 bits per heavy atom. The summed E-state index contributed by atoms with van der Waals surface area (Å²) in [5.74, 6) is -0.0361. The number of aliphatic hydroxyl groups is 1. The predicted molar refractivity (Wildman–Crippen MR) is 66.0 cm³/mol. The highest BCUT2D eigenvalue weighted by atomic mass is 16.3. The number of phenols is 1. The molecule has 0 radical (unpaired) electrons. The Morgan fingerprint density at radius 2 is 2.12 bits per heavy atom. The maximum atomic E-state index is 12.2. The number of carbonyl (C=O) groups is 1. The number of aliphatic hydroxyl groups excluding tert-OH is 1. The number of carbonyl (C=O) groups excluding carboxylic acids is 1. The second kappa shape index (κ2) is 6.25. The summed E-state index contributed by atoms with van der Waals surface area (Å²) < 4.78 is 0. The summed E-state index contributed by atoms with van der Waals surface area (Å²) >= 11 is 0. The summed E-state index contributed by atoms with van der Waals surface area (Å²) in [7, 11) is 0. The molecule has 17 heavy (non-hydrogen) atoms. The Bertz CT molecular complexity index is 377. The number of aromatic hydroxyl groups is 1. The van der Waals surface area contributed by atoms with Gasteiger partial charge >= 0.3 is 0 Å². The van der Waals surface area contributed by atoms with Gasteiger partial charge in [0.1, 0.15) is 5.75 Å². The minimum atomic E-state index is -0.121. The van der Waals surface area contributed by atoms with Gasteiger partial charge in [0.15, 0.2) is 0 Å². The van der Waals surface area contributed by atoms with Crippen LogP contribution in [0.15, 0.2) is 24.3 Å². The highest BCUT2D eigenvalue weighted by Crippen LogP contribution is 2.14. The van der Waals surface area contributed by atoms with Crippen LogP contribution in [0.4, 0.5) is 0 Å². The van der Waals surface area contributed by atoms with Gasteiger partial charge in [0.25, 0.3) is 5.91 Å². The van der Waals surface area contributed by atoms with Gasteiger partial charge in [0.05, 0.1) is 0 Å². The zero-order valence-electron chi connectivity index (χ0n) is 10.3. The highest BCUT2D eigenvalue weighted by Gasteiger charge is 2.18. The van der Waals surface area contributed by atoms with Crippen molar-refractivity contribution >= 4 is 5.91 Å². The lowest BCUT2D eigenvalue weighted by Gasteiger charge is -2.26. The summed E-state index contributed by atoms with van der Waals surface area (Å²) in [6.07, 6.45) is 0.558. The first-order valence-electron chi connectivity index (χ1n) is 5.77. The van der Waals surface area contributed by atoms with E-state index >= 15 is 0 Å². The van der Waals surface area contributed by atoms with Crippen LogP contribution in [-0.2, 0) is 0 Å². The van der Waals surface area contributed by atoms with Crippen LogP contribution in [0.1, 0.15) is 30.6 Å². The monoisotopic (exact) mass is 237 g/mol. The topological polar surface area (TPSA) is 60.8 Å². The lowest BCUT2D eigenvalue weighted by Crippen LogP contribution is -2.38. The maximum absolute atomic E-state index is 12.2. The normalized spacial score (nSPS) is 10.6. The fourth-order valence-corrected chi connectivity index (χ4v) is 1.64. The van der Waals surface area contributed by atoms with Crippen molar-refractivity contribution in [3.8, 4) is 5.75 Å². The van der Waals surface area contributed by atoms with E-state index in [9.17, 15) is 9.90 Å². The van der Waals surface area contributed by atoms with Crippen LogP contribution in [0.25, 0.3) is 0 Å². The van der Waals surface area contributed by atoms with Crippen molar-refractivity contribution < 1.29 is 15.0 Å². The van der Waals surface area contributed by atoms with Gasteiger partial charge in [0.2, 0.25) is 0 Å². The molecular formula is C13H19NO3. The van der Waals surface area contributed by atoms with E-state index in [0.717, 1.165) is 0 Å². The van der Waals surface area contributed by atoms with E-state index in [4.69, 9.17) is 5.11 Å². The van der Waals surface area contributed by atoms with Crippen LogP contribution in [0, 0.1) is 0 Å². The maximum Gasteiger partial charge on any atom is 0.254 e. The summed E-state index contributed by atoms with van der Waals surface area (Å²) in [5, 5.41) is 18.2. The fraction of sp³-hybridized carbons (Fsp3) is 0.462. The minimum Gasteiger partial charge on any atom is -0.508 e. The van der Waals surface area contributed by atoms with E-state index in [1.165, 1.54) is 12.1 Å².